The second-order valence-corrected chi connectivity index (χ2v) is 5.94. The van der Waals surface area contributed by atoms with E-state index in [4.69, 9.17) is 5.84 Å². The number of hydrogen-bond donors (Lipinski definition) is 2. The van der Waals surface area contributed by atoms with Crippen LogP contribution in [0.4, 0.5) is 0 Å². The van der Waals surface area contributed by atoms with Gasteiger partial charge in [0.25, 0.3) is 0 Å². The second kappa shape index (κ2) is 7.65. The molecule has 1 aromatic rings. The first-order chi connectivity index (χ1) is 9.29. The fourth-order valence-electron chi connectivity index (χ4n) is 3.27. The Morgan fingerprint density at radius 2 is 2.00 bits per heavy atom. The van der Waals surface area contributed by atoms with Gasteiger partial charge in [-0.2, -0.15) is 5.10 Å². The zero-order chi connectivity index (χ0) is 13.5. The van der Waals surface area contributed by atoms with Gasteiger partial charge < -0.3 is 0 Å². The molecule has 1 atom stereocenters. The van der Waals surface area contributed by atoms with E-state index < -0.39 is 0 Å². The van der Waals surface area contributed by atoms with Crippen LogP contribution in [0.3, 0.4) is 0 Å². The van der Waals surface area contributed by atoms with Crippen LogP contribution < -0.4 is 11.3 Å². The highest BCUT2D eigenvalue weighted by Crippen LogP contribution is 2.26. The first-order valence-electron chi connectivity index (χ1n) is 7.73. The zero-order valence-electron chi connectivity index (χ0n) is 12.1. The topological polar surface area (TPSA) is 55.9 Å². The van der Waals surface area contributed by atoms with E-state index in [0.717, 1.165) is 18.8 Å². The van der Waals surface area contributed by atoms with Crippen molar-refractivity contribution in [3.05, 3.63) is 18.0 Å². The fraction of sp³-hybridized carbons (Fsp3) is 0.800. The minimum absolute atomic E-state index is 0.457. The summed E-state index contributed by atoms with van der Waals surface area (Å²) in [6, 6.07) is 0.457. The molecule has 1 aliphatic rings. The summed E-state index contributed by atoms with van der Waals surface area (Å²) in [5.74, 6) is 6.54. The quantitative estimate of drug-likeness (QED) is 0.635. The lowest BCUT2D eigenvalue weighted by Crippen LogP contribution is -2.41. The molecule has 108 valence electrons. The van der Waals surface area contributed by atoms with Gasteiger partial charge in [0.2, 0.25) is 0 Å². The Hall–Kier alpha value is -0.870. The van der Waals surface area contributed by atoms with Crippen LogP contribution >= 0.6 is 0 Å². The minimum atomic E-state index is 0.457. The largest absolute Gasteiger partial charge is 0.276 e. The molecule has 1 aliphatic carbocycles. The minimum Gasteiger partial charge on any atom is -0.276 e. The molecule has 0 bridgehead atoms. The van der Waals surface area contributed by atoms with Gasteiger partial charge in [-0.3, -0.25) is 16.0 Å². The lowest BCUT2D eigenvalue weighted by molar-refractivity contribution is 0.275. The fourth-order valence-corrected chi connectivity index (χ4v) is 3.27. The third-order valence-electron chi connectivity index (χ3n) is 4.44. The molecule has 4 heteroatoms. The molecular formula is C15H28N4. The predicted octanol–water partition coefficient (Wildman–Crippen LogP) is 2.55. The highest BCUT2D eigenvalue weighted by molar-refractivity contribution is 5.04. The van der Waals surface area contributed by atoms with Crippen molar-refractivity contribution in [2.24, 2.45) is 18.8 Å². The number of nitrogens with zero attached hydrogens (tertiary/aromatic N) is 2. The molecule has 1 heterocycles. The monoisotopic (exact) mass is 264 g/mol. The normalized spacial score (nSPS) is 19.9. The maximum Gasteiger partial charge on any atom is 0.0521 e. The molecule has 1 unspecified atom stereocenters. The number of aryl methyl sites for hydroxylation is 2. The SMILES string of the molecule is Cn1cc(CCC(NN)C2CCCCCCC2)cn1. The Morgan fingerprint density at radius 3 is 2.58 bits per heavy atom. The summed E-state index contributed by atoms with van der Waals surface area (Å²) in [7, 11) is 1.97. The number of nitrogens with two attached hydrogens (primary N) is 1. The first kappa shape index (κ1) is 14.5. The van der Waals surface area contributed by atoms with Crippen molar-refractivity contribution in [3.8, 4) is 0 Å². The molecule has 1 fully saturated rings. The molecular weight excluding hydrogens is 236 g/mol. The maximum absolute atomic E-state index is 5.79. The highest BCUT2D eigenvalue weighted by Gasteiger charge is 2.21. The smallest absolute Gasteiger partial charge is 0.0521 e. The molecule has 3 N–H and O–H groups in total. The Labute approximate surface area is 116 Å². The molecule has 0 aromatic carbocycles. The van der Waals surface area contributed by atoms with Gasteiger partial charge in [-0.05, 0) is 37.2 Å². The summed E-state index contributed by atoms with van der Waals surface area (Å²) >= 11 is 0. The van der Waals surface area contributed by atoms with Crippen LogP contribution in [0.15, 0.2) is 12.4 Å². The van der Waals surface area contributed by atoms with Crippen molar-refractivity contribution >= 4 is 0 Å². The summed E-state index contributed by atoms with van der Waals surface area (Å²) in [6.07, 6.45) is 15.9. The third-order valence-corrected chi connectivity index (χ3v) is 4.44. The second-order valence-electron chi connectivity index (χ2n) is 5.94. The van der Waals surface area contributed by atoms with E-state index in [0.29, 0.717) is 6.04 Å². The molecule has 0 radical (unpaired) electrons. The van der Waals surface area contributed by atoms with E-state index >= 15 is 0 Å². The van der Waals surface area contributed by atoms with E-state index in [2.05, 4.69) is 16.7 Å². The number of aromatic nitrogens is 2. The van der Waals surface area contributed by atoms with Gasteiger partial charge in [0, 0.05) is 19.3 Å². The van der Waals surface area contributed by atoms with Crippen LogP contribution in [-0.4, -0.2) is 15.8 Å². The Balaban J connectivity index is 1.83. The van der Waals surface area contributed by atoms with Gasteiger partial charge in [0.05, 0.1) is 6.20 Å². The lowest BCUT2D eigenvalue weighted by Gasteiger charge is -2.28. The molecule has 0 aliphatic heterocycles. The summed E-state index contributed by atoms with van der Waals surface area (Å²) in [4.78, 5) is 0. The molecule has 19 heavy (non-hydrogen) atoms. The van der Waals surface area contributed by atoms with Gasteiger partial charge in [-0.15, -0.1) is 0 Å². The molecule has 4 nitrogen and oxygen atoms in total. The van der Waals surface area contributed by atoms with Crippen molar-refractivity contribution in [3.63, 3.8) is 0 Å². The lowest BCUT2D eigenvalue weighted by atomic mass is 9.84. The van der Waals surface area contributed by atoms with E-state index in [9.17, 15) is 0 Å². The summed E-state index contributed by atoms with van der Waals surface area (Å²) in [5, 5.41) is 4.23. The maximum atomic E-state index is 5.79. The Morgan fingerprint density at radius 1 is 1.32 bits per heavy atom. The molecule has 0 saturated heterocycles. The standard InChI is InChI=1S/C15H28N4/c1-19-12-13(11-17-19)9-10-15(18-16)14-7-5-3-2-4-6-8-14/h11-12,14-15,18H,2-10,16H2,1H3. The Kier molecular flexibility index (Phi) is 5.86. The van der Waals surface area contributed by atoms with Crippen molar-refractivity contribution < 1.29 is 0 Å². The average Bonchev–Trinajstić information content (AvgIpc) is 2.77. The van der Waals surface area contributed by atoms with E-state index in [-0.39, 0.29) is 0 Å². The summed E-state index contributed by atoms with van der Waals surface area (Å²) in [6.45, 7) is 0. The highest BCUT2D eigenvalue weighted by atomic mass is 15.2. The van der Waals surface area contributed by atoms with Crippen LogP contribution in [0, 0.1) is 5.92 Å². The molecule has 2 rings (SSSR count). The molecule has 1 aromatic heterocycles. The van der Waals surface area contributed by atoms with Crippen LogP contribution in [0.5, 0.6) is 0 Å². The third kappa shape index (κ3) is 4.62. The van der Waals surface area contributed by atoms with E-state index in [1.807, 2.05) is 17.9 Å². The van der Waals surface area contributed by atoms with E-state index in [1.54, 1.807) is 0 Å². The van der Waals surface area contributed by atoms with Crippen LogP contribution in [0.2, 0.25) is 0 Å². The van der Waals surface area contributed by atoms with Gasteiger partial charge in [0.15, 0.2) is 0 Å². The number of nitrogens with one attached hydrogen (secondary N) is 1. The van der Waals surface area contributed by atoms with E-state index in [1.165, 1.54) is 50.5 Å². The van der Waals surface area contributed by atoms with Crippen molar-refractivity contribution in [1.29, 1.82) is 0 Å². The molecule has 0 spiro atoms. The summed E-state index contributed by atoms with van der Waals surface area (Å²) in [5.41, 5.74) is 4.38. The van der Waals surface area contributed by atoms with Crippen molar-refractivity contribution in [2.75, 3.05) is 0 Å². The summed E-state index contributed by atoms with van der Waals surface area (Å²) < 4.78 is 1.87. The van der Waals surface area contributed by atoms with Crippen LogP contribution in [0.1, 0.15) is 56.9 Å². The van der Waals surface area contributed by atoms with Gasteiger partial charge in [0.1, 0.15) is 0 Å². The number of hydrogen-bond acceptors (Lipinski definition) is 3. The van der Waals surface area contributed by atoms with Crippen molar-refractivity contribution in [1.82, 2.24) is 15.2 Å². The van der Waals surface area contributed by atoms with Crippen molar-refractivity contribution in [2.45, 2.75) is 63.8 Å². The first-order valence-corrected chi connectivity index (χ1v) is 7.73. The van der Waals surface area contributed by atoms with Gasteiger partial charge in [-0.25, -0.2) is 0 Å². The predicted molar refractivity (Wildman–Crippen MR) is 78.4 cm³/mol. The molecule has 1 saturated carbocycles. The number of rotatable bonds is 5. The van der Waals surface area contributed by atoms with Crippen LogP contribution in [-0.2, 0) is 13.5 Å². The molecule has 0 amide bonds. The Bertz CT molecular complexity index is 353. The van der Waals surface area contributed by atoms with Crippen LogP contribution in [0.25, 0.3) is 0 Å². The average molecular weight is 264 g/mol. The zero-order valence-corrected chi connectivity index (χ0v) is 12.1. The van der Waals surface area contributed by atoms with Gasteiger partial charge >= 0.3 is 0 Å². The number of hydrazine groups is 1. The van der Waals surface area contributed by atoms with Gasteiger partial charge in [-0.1, -0.05) is 32.1 Å².